The first-order valence-corrected chi connectivity index (χ1v) is 6.63. The van der Waals surface area contributed by atoms with Gasteiger partial charge in [-0.2, -0.15) is 0 Å². The lowest BCUT2D eigenvalue weighted by molar-refractivity contribution is 0.414. The van der Waals surface area contributed by atoms with Gasteiger partial charge in [-0.1, -0.05) is 12.1 Å². The molecule has 0 saturated heterocycles. The normalized spacial score (nSPS) is 9.95. The first-order chi connectivity index (χ1) is 8.78. The smallest absolute Gasteiger partial charge is 0.180 e. The number of methoxy groups -OCH3 is 1. The van der Waals surface area contributed by atoms with Crippen LogP contribution in [0.4, 0.5) is 5.13 Å². The second-order valence-corrected chi connectivity index (χ2v) is 5.09. The minimum atomic E-state index is 0. The lowest BCUT2D eigenvalue weighted by Gasteiger charge is -2.04. The number of anilines is 1. The molecule has 3 N–H and O–H groups in total. The molecule has 0 spiro atoms. The van der Waals surface area contributed by atoms with Crippen molar-refractivity contribution >= 4 is 28.9 Å². The van der Waals surface area contributed by atoms with Gasteiger partial charge in [-0.25, -0.2) is 4.98 Å². The van der Waals surface area contributed by atoms with Crippen molar-refractivity contribution < 1.29 is 4.74 Å². The molecule has 4 nitrogen and oxygen atoms in total. The summed E-state index contributed by atoms with van der Waals surface area (Å²) in [5, 5.41) is 4.00. The molecule has 0 radical (unpaired) electrons. The minimum Gasteiger partial charge on any atom is -0.497 e. The molecule has 1 aromatic carbocycles. The number of ether oxygens (including phenoxy) is 1. The highest BCUT2D eigenvalue weighted by molar-refractivity contribution is 7.15. The Morgan fingerprint density at radius 3 is 2.63 bits per heavy atom. The van der Waals surface area contributed by atoms with Crippen molar-refractivity contribution in [3.8, 4) is 5.75 Å². The zero-order valence-electron chi connectivity index (χ0n) is 10.8. The number of nitrogens with two attached hydrogens (primary N) is 1. The number of hydrogen-bond donors (Lipinski definition) is 2. The first kappa shape index (κ1) is 15.8. The van der Waals surface area contributed by atoms with Crippen molar-refractivity contribution in [1.82, 2.24) is 10.3 Å². The van der Waals surface area contributed by atoms with Gasteiger partial charge in [-0.15, -0.1) is 23.7 Å². The highest BCUT2D eigenvalue weighted by Gasteiger charge is 1.98. The van der Waals surface area contributed by atoms with Gasteiger partial charge in [0.1, 0.15) is 5.75 Å². The van der Waals surface area contributed by atoms with Crippen molar-refractivity contribution in [2.45, 2.75) is 13.0 Å². The summed E-state index contributed by atoms with van der Waals surface area (Å²) >= 11 is 1.53. The van der Waals surface area contributed by atoms with Gasteiger partial charge in [0.2, 0.25) is 0 Å². The van der Waals surface area contributed by atoms with Crippen LogP contribution in [0.25, 0.3) is 0 Å². The number of benzene rings is 1. The summed E-state index contributed by atoms with van der Waals surface area (Å²) in [7, 11) is 1.68. The highest BCUT2D eigenvalue weighted by Crippen LogP contribution is 2.14. The Morgan fingerprint density at radius 2 is 2.05 bits per heavy atom. The summed E-state index contributed by atoms with van der Waals surface area (Å²) < 4.78 is 5.12. The van der Waals surface area contributed by atoms with Crippen LogP contribution in [-0.2, 0) is 13.0 Å². The molecule has 0 aliphatic carbocycles. The van der Waals surface area contributed by atoms with Gasteiger partial charge < -0.3 is 15.8 Å². The van der Waals surface area contributed by atoms with Crippen LogP contribution in [0.5, 0.6) is 5.75 Å². The molecule has 1 aromatic heterocycles. The summed E-state index contributed by atoms with van der Waals surface area (Å²) in [6.07, 6.45) is 2.82. The van der Waals surface area contributed by atoms with Gasteiger partial charge in [0.05, 0.1) is 7.11 Å². The third-order valence-electron chi connectivity index (χ3n) is 2.62. The lowest BCUT2D eigenvalue weighted by Crippen LogP contribution is -2.15. The molecule has 6 heteroatoms. The van der Waals surface area contributed by atoms with Crippen molar-refractivity contribution in [2.75, 3.05) is 19.4 Å². The summed E-state index contributed by atoms with van der Waals surface area (Å²) in [6, 6.07) is 8.15. The standard InChI is InChI=1S/C13H17N3OS.ClH/c1-17-11-4-2-10(3-5-11)6-7-15-8-12-9-16-13(14)18-12;/h2-5,9,15H,6-8H2,1H3,(H2,14,16);1H. The molecular weight excluding hydrogens is 282 g/mol. The summed E-state index contributed by atoms with van der Waals surface area (Å²) in [4.78, 5) is 5.18. The maximum Gasteiger partial charge on any atom is 0.180 e. The molecule has 0 bridgehead atoms. The van der Waals surface area contributed by atoms with E-state index in [2.05, 4.69) is 22.4 Å². The number of nitrogens with zero attached hydrogens (tertiary/aromatic N) is 1. The Balaban J connectivity index is 0.00000180. The van der Waals surface area contributed by atoms with Crippen LogP contribution in [0.1, 0.15) is 10.4 Å². The van der Waals surface area contributed by atoms with E-state index in [-0.39, 0.29) is 12.4 Å². The fourth-order valence-corrected chi connectivity index (χ4v) is 2.29. The molecule has 2 rings (SSSR count). The second kappa shape index (κ2) is 7.99. The van der Waals surface area contributed by atoms with Crippen LogP contribution < -0.4 is 15.8 Å². The SMILES string of the molecule is COc1ccc(CCNCc2cnc(N)s2)cc1.Cl. The van der Waals surface area contributed by atoms with Crippen LogP contribution in [0.2, 0.25) is 0 Å². The van der Waals surface area contributed by atoms with Crippen LogP contribution in [0.3, 0.4) is 0 Å². The fraction of sp³-hybridized carbons (Fsp3) is 0.308. The Morgan fingerprint density at radius 1 is 1.32 bits per heavy atom. The Bertz CT molecular complexity index is 487. The van der Waals surface area contributed by atoms with E-state index in [1.807, 2.05) is 18.3 Å². The zero-order valence-corrected chi connectivity index (χ0v) is 12.4. The average Bonchev–Trinajstić information content (AvgIpc) is 2.81. The molecule has 0 aliphatic heterocycles. The molecule has 0 fully saturated rings. The summed E-state index contributed by atoms with van der Waals surface area (Å²) in [5.41, 5.74) is 6.87. The van der Waals surface area contributed by atoms with Gasteiger partial charge in [0.25, 0.3) is 0 Å². The molecule has 0 unspecified atom stereocenters. The van der Waals surface area contributed by atoms with Crippen molar-refractivity contribution in [3.63, 3.8) is 0 Å². The van der Waals surface area contributed by atoms with Gasteiger partial charge in [0, 0.05) is 17.6 Å². The summed E-state index contributed by atoms with van der Waals surface area (Å²) in [6.45, 7) is 1.76. The Labute approximate surface area is 123 Å². The topological polar surface area (TPSA) is 60.2 Å². The number of nitrogen functional groups attached to an aromatic ring is 1. The number of hydrogen-bond acceptors (Lipinski definition) is 5. The van der Waals surface area contributed by atoms with Gasteiger partial charge >= 0.3 is 0 Å². The molecule has 19 heavy (non-hydrogen) atoms. The Kier molecular flexibility index (Phi) is 6.62. The predicted molar refractivity (Wildman–Crippen MR) is 82.2 cm³/mol. The number of aromatic nitrogens is 1. The van der Waals surface area contributed by atoms with Crippen molar-refractivity contribution in [3.05, 3.63) is 40.9 Å². The van der Waals surface area contributed by atoms with Crippen LogP contribution >= 0.6 is 23.7 Å². The minimum absolute atomic E-state index is 0. The Hall–Kier alpha value is -1.30. The highest BCUT2D eigenvalue weighted by atomic mass is 35.5. The number of nitrogens with one attached hydrogen (secondary N) is 1. The second-order valence-electron chi connectivity index (χ2n) is 3.94. The van der Waals surface area contributed by atoms with Gasteiger partial charge in [-0.3, -0.25) is 0 Å². The quantitative estimate of drug-likeness (QED) is 0.805. The van der Waals surface area contributed by atoms with Crippen molar-refractivity contribution in [2.24, 2.45) is 0 Å². The average molecular weight is 300 g/mol. The first-order valence-electron chi connectivity index (χ1n) is 5.82. The van der Waals surface area contributed by atoms with Gasteiger partial charge in [-0.05, 0) is 30.7 Å². The molecule has 104 valence electrons. The predicted octanol–water partition coefficient (Wildman–Crippen LogP) is 2.49. The van der Waals surface area contributed by atoms with E-state index in [0.29, 0.717) is 5.13 Å². The molecule has 0 amide bonds. The van der Waals surface area contributed by atoms with Crippen LogP contribution in [0, 0.1) is 0 Å². The molecule has 1 heterocycles. The number of rotatable bonds is 6. The summed E-state index contributed by atoms with van der Waals surface area (Å²) in [5.74, 6) is 0.895. The van der Waals surface area contributed by atoms with Crippen molar-refractivity contribution in [1.29, 1.82) is 0 Å². The fourth-order valence-electron chi connectivity index (χ4n) is 1.64. The van der Waals surface area contributed by atoms with E-state index in [1.165, 1.54) is 21.8 Å². The van der Waals surface area contributed by atoms with Crippen LogP contribution in [-0.4, -0.2) is 18.6 Å². The molecule has 0 atom stereocenters. The van der Waals surface area contributed by atoms with Gasteiger partial charge in [0.15, 0.2) is 5.13 Å². The number of thiazole rings is 1. The zero-order chi connectivity index (χ0) is 12.8. The molecule has 0 saturated carbocycles. The third-order valence-corrected chi connectivity index (χ3v) is 3.45. The van der Waals surface area contributed by atoms with E-state index in [0.717, 1.165) is 25.3 Å². The van der Waals surface area contributed by atoms with E-state index < -0.39 is 0 Å². The molecule has 0 aliphatic rings. The third kappa shape index (κ3) is 5.06. The lowest BCUT2D eigenvalue weighted by atomic mass is 10.1. The van der Waals surface area contributed by atoms with E-state index in [1.54, 1.807) is 7.11 Å². The maximum atomic E-state index is 5.57. The monoisotopic (exact) mass is 299 g/mol. The van der Waals surface area contributed by atoms with E-state index >= 15 is 0 Å². The van der Waals surface area contributed by atoms with Crippen LogP contribution in [0.15, 0.2) is 30.5 Å². The molecular formula is C13H18ClN3OS. The largest absolute Gasteiger partial charge is 0.497 e. The number of halogens is 1. The van der Waals surface area contributed by atoms with E-state index in [4.69, 9.17) is 10.5 Å². The van der Waals surface area contributed by atoms with E-state index in [9.17, 15) is 0 Å². The maximum absolute atomic E-state index is 5.57. The molecule has 2 aromatic rings.